The van der Waals surface area contributed by atoms with Crippen molar-refractivity contribution < 1.29 is 20.1 Å². The molecule has 0 radical (unpaired) electrons. The Labute approximate surface area is 144 Å². The predicted octanol–water partition coefficient (Wildman–Crippen LogP) is 0.204. The van der Waals surface area contributed by atoms with Gasteiger partial charge in [-0.2, -0.15) is 0 Å². The van der Waals surface area contributed by atoms with E-state index < -0.39 is 18.3 Å². The van der Waals surface area contributed by atoms with Gasteiger partial charge in [0.15, 0.2) is 0 Å². The highest BCUT2D eigenvalue weighted by molar-refractivity contribution is 5.79. The van der Waals surface area contributed by atoms with Gasteiger partial charge in [0, 0.05) is 38.6 Å². The van der Waals surface area contributed by atoms with Gasteiger partial charge in [0.1, 0.15) is 6.10 Å². The van der Waals surface area contributed by atoms with E-state index in [-0.39, 0.29) is 5.92 Å². The van der Waals surface area contributed by atoms with E-state index in [1.54, 1.807) is 0 Å². The number of hydrogen-bond acceptors (Lipinski definition) is 5. The predicted molar refractivity (Wildman–Crippen MR) is 90.3 cm³/mol. The number of nitrogens with zero attached hydrogens (tertiary/aromatic N) is 2. The Hall–Kier alpha value is -0.690. The molecule has 0 aromatic heterocycles. The highest BCUT2D eigenvalue weighted by Gasteiger charge is 2.35. The molecule has 1 unspecified atom stereocenters. The summed E-state index contributed by atoms with van der Waals surface area (Å²) in [6.07, 6.45) is 4.98. The normalized spacial score (nSPS) is 34.5. The van der Waals surface area contributed by atoms with Crippen molar-refractivity contribution in [1.82, 2.24) is 9.80 Å². The summed E-state index contributed by atoms with van der Waals surface area (Å²) in [6.45, 7) is 3.33. The maximum atomic E-state index is 12.6. The van der Waals surface area contributed by atoms with Crippen LogP contribution in [-0.2, 0) is 4.79 Å². The topological polar surface area (TPSA) is 84.2 Å². The molecule has 3 aliphatic rings. The van der Waals surface area contributed by atoms with Crippen LogP contribution in [-0.4, -0.2) is 82.1 Å². The van der Waals surface area contributed by atoms with Crippen LogP contribution < -0.4 is 0 Å². The van der Waals surface area contributed by atoms with Gasteiger partial charge < -0.3 is 20.2 Å². The van der Waals surface area contributed by atoms with Crippen LogP contribution in [0.5, 0.6) is 0 Å². The molecule has 3 fully saturated rings. The van der Waals surface area contributed by atoms with Gasteiger partial charge in [-0.3, -0.25) is 9.69 Å². The Kier molecular flexibility index (Phi) is 6.13. The summed E-state index contributed by atoms with van der Waals surface area (Å²) in [5.41, 5.74) is 0. The Morgan fingerprint density at radius 3 is 2.04 bits per heavy atom. The van der Waals surface area contributed by atoms with Crippen molar-refractivity contribution >= 4 is 5.91 Å². The third-order valence-corrected chi connectivity index (χ3v) is 6.08. The van der Waals surface area contributed by atoms with Crippen molar-refractivity contribution in [3.05, 3.63) is 0 Å². The van der Waals surface area contributed by atoms with E-state index in [0.717, 1.165) is 45.3 Å². The zero-order valence-corrected chi connectivity index (χ0v) is 14.5. The molecule has 0 aromatic rings. The van der Waals surface area contributed by atoms with Gasteiger partial charge in [0.05, 0.1) is 12.2 Å². The van der Waals surface area contributed by atoms with Gasteiger partial charge in [-0.15, -0.1) is 0 Å². The summed E-state index contributed by atoms with van der Waals surface area (Å²) >= 11 is 0. The van der Waals surface area contributed by atoms with Gasteiger partial charge in [0.2, 0.25) is 5.91 Å². The Bertz CT molecular complexity index is 407. The average Bonchev–Trinajstić information content (AvgIpc) is 2.60. The first-order valence-corrected chi connectivity index (χ1v) is 9.60. The molecule has 0 aromatic carbocycles. The number of carbonyl (C=O) groups is 1. The second-order valence-corrected chi connectivity index (χ2v) is 7.95. The number of amides is 1. The number of rotatable bonds is 3. The molecule has 3 rings (SSSR count). The van der Waals surface area contributed by atoms with E-state index in [1.165, 1.54) is 19.3 Å². The van der Waals surface area contributed by atoms with Crippen LogP contribution in [0.2, 0.25) is 0 Å². The van der Waals surface area contributed by atoms with E-state index in [1.807, 2.05) is 4.90 Å². The number of piperidine rings is 2. The molecule has 0 bridgehead atoms. The molecular formula is C18H32N2O4. The monoisotopic (exact) mass is 340 g/mol. The molecule has 2 saturated heterocycles. The van der Waals surface area contributed by atoms with Gasteiger partial charge in [-0.05, 0) is 31.6 Å². The Balaban J connectivity index is 1.43. The molecule has 138 valence electrons. The molecule has 24 heavy (non-hydrogen) atoms. The minimum absolute atomic E-state index is 0.254. The van der Waals surface area contributed by atoms with Gasteiger partial charge >= 0.3 is 0 Å². The standard InChI is InChI=1S/C18H32N2O4/c21-15-11-19(12-16(22)17(15)23)10-13-6-8-20(9-7-13)18(24)14-4-2-1-3-5-14/h13-17,21-23H,1-12H2/t15-,16+,17?. The number of likely N-dealkylation sites (tertiary alicyclic amines) is 2. The summed E-state index contributed by atoms with van der Waals surface area (Å²) in [5, 5.41) is 29.2. The molecule has 6 nitrogen and oxygen atoms in total. The first-order valence-electron chi connectivity index (χ1n) is 9.60. The lowest BCUT2D eigenvalue weighted by molar-refractivity contribution is -0.138. The van der Waals surface area contributed by atoms with Gasteiger partial charge in [-0.25, -0.2) is 0 Å². The molecule has 0 spiro atoms. The Morgan fingerprint density at radius 1 is 0.875 bits per heavy atom. The number of β-amino-alcohol motifs (C(OH)–C–C–N with tert-alkyl or cyclic N) is 2. The van der Waals surface area contributed by atoms with E-state index in [4.69, 9.17) is 0 Å². The van der Waals surface area contributed by atoms with E-state index in [2.05, 4.69) is 4.90 Å². The van der Waals surface area contributed by atoms with Crippen molar-refractivity contribution in [3.8, 4) is 0 Å². The molecule has 1 aliphatic carbocycles. The fraction of sp³-hybridized carbons (Fsp3) is 0.944. The molecule has 1 amide bonds. The largest absolute Gasteiger partial charge is 0.389 e. The van der Waals surface area contributed by atoms with Crippen molar-refractivity contribution in [1.29, 1.82) is 0 Å². The maximum absolute atomic E-state index is 12.6. The fourth-order valence-electron chi connectivity index (χ4n) is 4.53. The van der Waals surface area contributed by atoms with Crippen molar-refractivity contribution in [2.45, 2.75) is 63.3 Å². The molecular weight excluding hydrogens is 308 g/mol. The fourth-order valence-corrected chi connectivity index (χ4v) is 4.53. The summed E-state index contributed by atoms with van der Waals surface area (Å²) in [7, 11) is 0. The van der Waals surface area contributed by atoms with Crippen LogP contribution in [0.1, 0.15) is 44.9 Å². The van der Waals surface area contributed by atoms with Crippen molar-refractivity contribution in [2.24, 2.45) is 11.8 Å². The highest BCUT2D eigenvalue weighted by atomic mass is 16.4. The lowest BCUT2D eigenvalue weighted by atomic mass is 9.87. The minimum atomic E-state index is -1.03. The molecule has 1 saturated carbocycles. The molecule has 2 heterocycles. The SMILES string of the molecule is O=C(C1CCCCC1)N1CCC(CN2C[C@@H](O)C(O)[C@@H](O)C2)CC1. The third-order valence-electron chi connectivity index (χ3n) is 6.08. The van der Waals surface area contributed by atoms with Gasteiger partial charge in [0.25, 0.3) is 0 Å². The second-order valence-electron chi connectivity index (χ2n) is 7.95. The van der Waals surface area contributed by atoms with E-state index in [9.17, 15) is 20.1 Å². The quantitative estimate of drug-likeness (QED) is 0.684. The minimum Gasteiger partial charge on any atom is -0.389 e. The first-order chi connectivity index (χ1) is 11.5. The number of aliphatic hydroxyl groups is 3. The molecule has 3 atom stereocenters. The third kappa shape index (κ3) is 4.28. The lowest BCUT2D eigenvalue weighted by Crippen LogP contribution is -2.56. The van der Waals surface area contributed by atoms with E-state index in [0.29, 0.717) is 24.9 Å². The number of carbonyl (C=O) groups excluding carboxylic acids is 1. The molecule has 6 heteroatoms. The van der Waals surface area contributed by atoms with Crippen LogP contribution in [0.4, 0.5) is 0 Å². The molecule has 3 N–H and O–H groups in total. The van der Waals surface area contributed by atoms with Crippen LogP contribution in [0.25, 0.3) is 0 Å². The summed E-state index contributed by atoms with van der Waals surface area (Å²) < 4.78 is 0. The Morgan fingerprint density at radius 2 is 1.46 bits per heavy atom. The van der Waals surface area contributed by atoms with E-state index >= 15 is 0 Å². The van der Waals surface area contributed by atoms with Crippen LogP contribution in [0, 0.1) is 11.8 Å². The summed E-state index contributed by atoms with van der Waals surface area (Å²) in [4.78, 5) is 16.7. The van der Waals surface area contributed by atoms with Crippen LogP contribution in [0.3, 0.4) is 0 Å². The van der Waals surface area contributed by atoms with Gasteiger partial charge in [-0.1, -0.05) is 19.3 Å². The van der Waals surface area contributed by atoms with Crippen LogP contribution >= 0.6 is 0 Å². The number of aliphatic hydroxyl groups excluding tert-OH is 3. The van der Waals surface area contributed by atoms with Crippen molar-refractivity contribution in [3.63, 3.8) is 0 Å². The lowest BCUT2D eigenvalue weighted by Gasteiger charge is -2.41. The zero-order valence-electron chi connectivity index (χ0n) is 14.5. The summed E-state index contributed by atoms with van der Waals surface area (Å²) in [6, 6.07) is 0. The average molecular weight is 340 g/mol. The summed E-state index contributed by atoms with van der Waals surface area (Å²) in [5.74, 6) is 1.11. The van der Waals surface area contributed by atoms with Crippen LogP contribution in [0.15, 0.2) is 0 Å². The number of hydrogen-bond donors (Lipinski definition) is 3. The highest BCUT2D eigenvalue weighted by Crippen LogP contribution is 2.28. The second kappa shape index (κ2) is 8.13. The maximum Gasteiger partial charge on any atom is 0.225 e. The smallest absolute Gasteiger partial charge is 0.225 e. The zero-order chi connectivity index (χ0) is 17.1. The van der Waals surface area contributed by atoms with Crippen molar-refractivity contribution in [2.75, 3.05) is 32.7 Å². The molecule has 2 aliphatic heterocycles. The first kappa shape index (κ1) is 18.1.